The van der Waals surface area contributed by atoms with Crippen LogP contribution in [0.15, 0.2) is 24.3 Å². The number of carbonyl (C=O) groups excluding carboxylic acids is 2. The van der Waals surface area contributed by atoms with E-state index >= 15 is 0 Å². The van der Waals surface area contributed by atoms with Crippen molar-refractivity contribution in [1.82, 2.24) is 10.6 Å². The van der Waals surface area contributed by atoms with Gasteiger partial charge >= 0.3 is 0 Å². The lowest BCUT2D eigenvalue weighted by Crippen LogP contribution is -2.49. The Labute approximate surface area is 161 Å². The van der Waals surface area contributed by atoms with Crippen LogP contribution < -0.4 is 15.5 Å². The normalized spacial score (nSPS) is 19.1. The van der Waals surface area contributed by atoms with Crippen molar-refractivity contribution in [3.8, 4) is 0 Å². The maximum absolute atomic E-state index is 12.7. The molecule has 0 radical (unpaired) electrons. The Bertz CT molecular complexity index is 609. The van der Waals surface area contributed by atoms with E-state index < -0.39 is 5.41 Å². The molecule has 0 atom stereocenters. The first-order valence-electron chi connectivity index (χ1n) is 9.02. The van der Waals surface area contributed by atoms with E-state index in [4.69, 9.17) is 4.74 Å². The third-order valence-corrected chi connectivity index (χ3v) is 5.24. The number of anilines is 1. The highest BCUT2D eigenvalue weighted by Gasteiger charge is 2.39. The molecule has 0 aromatic heterocycles. The quantitative estimate of drug-likeness (QED) is 0.789. The number of nitrogens with zero attached hydrogens (tertiary/aromatic N) is 1. The summed E-state index contributed by atoms with van der Waals surface area (Å²) in [5.74, 6) is 0.253. The molecule has 2 fully saturated rings. The second-order valence-corrected chi connectivity index (χ2v) is 6.96. The number of methoxy groups -OCH3 is 1. The number of rotatable bonds is 6. The summed E-state index contributed by atoms with van der Waals surface area (Å²) in [5.41, 5.74) is 1.54. The lowest BCUT2D eigenvalue weighted by molar-refractivity contribution is -0.136. The first-order chi connectivity index (χ1) is 12.1. The van der Waals surface area contributed by atoms with Gasteiger partial charge in [0.15, 0.2) is 0 Å². The molecule has 6 nitrogen and oxygen atoms in total. The van der Waals surface area contributed by atoms with Crippen molar-refractivity contribution >= 4 is 29.9 Å². The second kappa shape index (κ2) is 9.35. The van der Waals surface area contributed by atoms with E-state index in [0.29, 0.717) is 19.6 Å². The summed E-state index contributed by atoms with van der Waals surface area (Å²) in [6.07, 6.45) is 3.15. The predicted octanol–water partition coefficient (Wildman–Crippen LogP) is 1.87. The molecule has 3 rings (SSSR count). The van der Waals surface area contributed by atoms with E-state index in [9.17, 15) is 9.59 Å². The van der Waals surface area contributed by atoms with Crippen molar-refractivity contribution < 1.29 is 14.3 Å². The van der Waals surface area contributed by atoms with Crippen molar-refractivity contribution in [2.75, 3.05) is 38.3 Å². The number of piperidine rings is 1. The van der Waals surface area contributed by atoms with Crippen LogP contribution in [0.3, 0.4) is 0 Å². The minimum atomic E-state index is -0.429. The summed E-state index contributed by atoms with van der Waals surface area (Å²) >= 11 is 0. The molecule has 0 saturated carbocycles. The lowest BCUT2D eigenvalue weighted by atomic mass is 9.78. The van der Waals surface area contributed by atoms with Crippen LogP contribution in [0.25, 0.3) is 0 Å². The molecule has 2 heterocycles. The van der Waals surface area contributed by atoms with Crippen LogP contribution in [-0.4, -0.2) is 45.2 Å². The van der Waals surface area contributed by atoms with Gasteiger partial charge in [0.2, 0.25) is 11.8 Å². The summed E-state index contributed by atoms with van der Waals surface area (Å²) in [7, 11) is 1.65. The van der Waals surface area contributed by atoms with Gasteiger partial charge in [0.1, 0.15) is 0 Å². The Morgan fingerprint density at radius 2 is 1.96 bits per heavy atom. The fraction of sp³-hybridized carbons (Fsp3) is 0.579. The van der Waals surface area contributed by atoms with Crippen LogP contribution >= 0.6 is 12.4 Å². The van der Waals surface area contributed by atoms with Crippen molar-refractivity contribution in [1.29, 1.82) is 0 Å². The van der Waals surface area contributed by atoms with Gasteiger partial charge in [0.25, 0.3) is 0 Å². The molecule has 1 aromatic carbocycles. The molecule has 0 aliphatic carbocycles. The van der Waals surface area contributed by atoms with Crippen molar-refractivity contribution in [3.63, 3.8) is 0 Å². The Hall–Kier alpha value is -1.63. The molecule has 0 bridgehead atoms. The van der Waals surface area contributed by atoms with Crippen LogP contribution in [0.1, 0.15) is 31.2 Å². The maximum Gasteiger partial charge on any atom is 0.228 e. The van der Waals surface area contributed by atoms with Crippen LogP contribution in [0, 0.1) is 5.41 Å². The summed E-state index contributed by atoms with van der Waals surface area (Å²) < 4.78 is 5.31. The smallest absolute Gasteiger partial charge is 0.228 e. The van der Waals surface area contributed by atoms with Gasteiger partial charge in [-0.2, -0.15) is 0 Å². The molecule has 2 saturated heterocycles. The van der Waals surface area contributed by atoms with Crippen molar-refractivity contribution in [2.45, 2.75) is 32.2 Å². The number of ether oxygens (including phenoxy) is 1. The molecule has 2 aliphatic rings. The third kappa shape index (κ3) is 4.55. The molecule has 26 heavy (non-hydrogen) atoms. The highest BCUT2D eigenvalue weighted by atomic mass is 35.5. The van der Waals surface area contributed by atoms with Gasteiger partial charge in [0, 0.05) is 32.3 Å². The molecular formula is C19H28ClN3O3. The van der Waals surface area contributed by atoms with E-state index in [1.807, 2.05) is 29.2 Å². The Balaban J connectivity index is 0.00000243. The second-order valence-electron chi connectivity index (χ2n) is 6.96. The number of amides is 2. The van der Waals surface area contributed by atoms with Gasteiger partial charge in [-0.3, -0.25) is 9.59 Å². The van der Waals surface area contributed by atoms with E-state index in [0.717, 1.165) is 50.1 Å². The Morgan fingerprint density at radius 1 is 1.27 bits per heavy atom. The molecule has 2 amide bonds. The van der Waals surface area contributed by atoms with Crippen molar-refractivity contribution in [2.24, 2.45) is 5.41 Å². The molecule has 0 unspecified atom stereocenters. The van der Waals surface area contributed by atoms with E-state index in [1.54, 1.807) is 7.11 Å². The minimum Gasteiger partial charge on any atom is -0.384 e. The SMILES string of the molecule is COCC1(C(=O)NCc2ccc(N3CCCC3=O)cc2)CCNCC1.Cl. The molecule has 144 valence electrons. The van der Waals surface area contributed by atoms with Crippen LogP contribution in [0.5, 0.6) is 0 Å². The molecule has 1 aromatic rings. The molecular weight excluding hydrogens is 354 g/mol. The van der Waals surface area contributed by atoms with Gasteiger partial charge in [0.05, 0.1) is 12.0 Å². The summed E-state index contributed by atoms with van der Waals surface area (Å²) in [6.45, 7) is 3.43. The summed E-state index contributed by atoms with van der Waals surface area (Å²) in [5, 5.41) is 6.36. The van der Waals surface area contributed by atoms with Gasteiger partial charge in [-0.15, -0.1) is 12.4 Å². The number of hydrogen-bond acceptors (Lipinski definition) is 4. The average molecular weight is 382 g/mol. The first-order valence-corrected chi connectivity index (χ1v) is 9.02. The fourth-order valence-electron chi connectivity index (χ4n) is 3.70. The van der Waals surface area contributed by atoms with Crippen LogP contribution in [-0.2, 0) is 20.9 Å². The highest BCUT2D eigenvalue weighted by Crippen LogP contribution is 2.29. The monoisotopic (exact) mass is 381 g/mol. The topological polar surface area (TPSA) is 70.7 Å². The first kappa shape index (κ1) is 20.7. The number of benzene rings is 1. The molecule has 7 heteroatoms. The highest BCUT2D eigenvalue weighted by molar-refractivity contribution is 5.95. The van der Waals surface area contributed by atoms with Gasteiger partial charge < -0.3 is 20.3 Å². The van der Waals surface area contributed by atoms with Crippen molar-refractivity contribution in [3.05, 3.63) is 29.8 Å². The summed E-state index contributed by atoms with van der Waals surface area (Å²) in [4.78, 5) is 26.4. The number of carbonyl (C=O) groups is 2. The standard InChI is InChI=1S/C19H27N3O3.ClH/c1-25-14-19(8-10-20-11-9-19)18(24)21-13-15-4-6-16(7-5-15)22-12-2-3-17(22)23;/h4-7,20H,2-3,8-14H2,1H3,(H,21,24);1H. The molecule has 0 spiro atoms. The number of hydrogen-bond donors (Lipinski definition) is 2. The van der Waals surface area contributed by atoms with Gasteiger partial charge in [-0.05, 0) is 50.0 Å². The molecule has 2 aliphatic heterocycles. The molecule has 2 N–H and O–H groups in total. The largest absolute Gasteiger partial charge is 0.384 e. The Kier molecular flexibility index (Phi) is 7.43. The minimum absolute atomic E-state index is 0. The predicted molar refractivity (Wildman–Crippen MR) is 104 cm³/mol. The zero-order chi connectivity index (χ0) is 17.7. The van der Waals surface area contributed by atoms with Crippen LogP contribution in [0.2, 0.25) is 0 Å². The Morgan fingerprint density at radius 3 is 2.54 bits per heavy atom. The zero-order valence-electron chi connectivity index (χ0n) is 15.3. The summed E-state index contributed by atoms with van der Waals surface area (Å²) in [6, 6.07) is 7.87. The maximum atomic E-state index is 12.7. The van der Waals surface area contributed by atoms with Crippen LogP contribution in [0.4, 0.5) is 5.69 Å². The van der Waals surface area contributed by atoms with E-state index in [2.05, 4.69) is 10.6 Å². The fourth-order valence-corrected chi connectivity index (χ4v) is 3.70. The third-order valence-electron chi connectivity index (χ3n) is 5.24. The van der Waals surface area contributed by atoms with E-state index in [1.165, 1.54) is 0 Å². The van der Waals surface area contributed by atoms with Gasteiger partial charge in [-0.1, -0.05) is 12.1 Å². The average Bonchev–Trinajstić information content (AvgIpc) is 3.07. The number of nitrogens with one attached hydrogen (secondary N) is 2. The zero-order valence-corrected chi connectivity index (χ0v) is 16.1. The van der Waals surface area contributed by atoms with E-state index in [-0.39, 0.29) is 24.2 Å². The number of halogens is 1. The lowest BCUT2D eigenvalue weighted by Gasteiger charge is -2.35. The van der Waals surface area contributed by atoms with Gasteiger partial charge in [-0.25, -0.2) is 0 Å².